The number of guanidine groups is 1. The lowest BCUT2D eigenvalue weighted by Crippen LogP contribution is -2.43. The Bertz CT molecular complexity index is 874. The number of hydrogen-bond donors (Lipinski definition) is 2. The fraction of sp³-hybridized carbons (Fsp3) is 0.500. The number of alkyl halides is 2. The minimum Gasteiger partial charge on any atom is -0.488 e. The highest BCUT2D eigenvalue weighted by Gasteiger charge is 2.58. The molecule has 2 amide bonds. The van der Waals surface area contributed by atoms with E-state index in [0.717, 1.165) is 12.0 Å². The molecule has 4 unspecified atom stereocenters. The van der Waals surface area contributed by atoms with E-state index in [9.17, 15) is 18.4 Å². The van der Waals surface area contributed by atoms with Gasteiger partial charge in [-0.25, -0.2) is 8.78 Å². The molecular weight excluding hydrogens is 406 g/mol. The summed E-state index contributed by atoms with van der Waals surface area (Å²) in [6, 6.07) is 6.89. The van der Waals surface area contributed by atoms with Crippen LogP contribution in [0.25, 0.3) is 0 Å². The molecule has 1 saturated carbocycles. The Balaban J connectivity index is 1.24. The minimum atomic E-state index is -2.52. The Morgan fingerprint density at radius 3 is 2.55 bits per heavy atom. The standard InChI is InChI=1S/C22H26F2N4O3/c1-25-22(27-11-13-3-2-4-16(9-13)31-12-17(23)24)26-7-8-28-20(29)18-14-5-6-15(10-14)19(18)21(28)30/h2-6,9,14-15,17-19H,7-8,10-12H2,1H3,(H2,25,26,27). The molecule has 1 aromatic rings. The predicted octanol–water partition coefficient (Wildman–Crippen LogP) is 1.80. The molecule has 2 fully saturated rings. The van der Waals surface area contributed by atoms with Crippen molar-refractivity contribution < 1.29 is 23.1 Å². The van der Waals surface area contributed by atoms with Gasteiger partial charge in [0.2, 0.25) is 11.8 Å². The number of imide groups is 1. The third-order valence-electron chi connectivity index (χ3n) is 6.15. The lowest BCUT2D eigenvalue weighted by Gasteiger charge is -2.18. The van der Waals surface area contributed by atoms with Crippen LogP contribution >= 0.6 is 0 Å². The number of fused-ring (bicyclic) bond motifs is 5. The van der Waals surface area contributed by atoms with Gasteiger partial charge in [0.05, 0.1) is 11.8 Å². The monoisotopic (exact) mass is 432 g/mol. The molecule has 2 aliphatic carbocycles. The van der Waals surface area contributed by atoms with Crippen molar-refractivity contribution in [3.05, 3.63) is 42.0 Å². The first-order valence-electron chi connectivity index (χ1n) is 10.5. The maximum absolute atomic E-state index is 12.7. The Morgan fingerprint density at radius 1 is 1.19 bits per heavy atom. The predicted molar refractivity (Wildman–Crippen MR) is 111 cm³/mol. The largest absolute Gasteiger partial charge is 0.488 e. The van der Waals surface area contributed by atoms with Crippen molar-refractivity contribution in [2.75, 3.05) is 26.7 Å². The fourth-order valence-electron chi connectivity index (χ4n) is 4.78. The number of carbonyl (C=O) groups excluding carboxylic acids is 2. The summed E-state index contributed by atoms with van der Waals surface area (Å²) in [5, 5.41) is 6.24. The average molecular weight is 432 g/mol. The van der Waals surface area contributed by atoms with Crippen molar-refractivity contribution in [2.24, 2.45) is 28.7 Å². The summed E-state index contributed by atoms with van der Waals surface area (Å²) >= 11 is 0. The molecule has 1 heterocycles. The van der Waals surface area contributed by atoms with Gasteiger partial charge in [0.25, 0.3) is 6.43 Å². The highest BCUT2D eigenvalue weighted by atomic mass is 19.3. The molecule has 4 atom stereocenters. The highest BCUT2D eigenvalue weighted by molar-refractivity contribution is 6.06. The van der Waals surface area contributed by atoms with Crippen LogP contribution in [0.5, 0.6) is 5.75 Å². The van der Waals surface area contributed by atoms with Crippen LogP contribution in [0.2, 0.25) is 0 Å². The van der Waals surface area contributed by atoms with Crippen molar-refractivity contribution in [1.29, 1.82) is 0 Å². The van der Waals surface area contributed by atoms with Crippen molar-refractivity contribution in [3.8, 4) is 5.75 Å². The maximum atomic E-state index is 12.7. The van der Waals surface area contributed by atoms with Gasteiger partial charge in [-0.2, -0.15) is 0 Å². The van der Waals surface area contributed by atoms with Crippen LogP contribution in [0.4, 0.5) is 8.78 Å². The first kappa shape index (κ1) is 21.3. The molecule has 4 rings (SSSR count). The van der Waals surface area contributed by atoms with E-state index in [0.29, 0.717) is 31.3 Å². The Kier molecular flexibility index (Phi) is 6.20. The lowest BCUT2D eigenvalue weighted by atomic mass is 9.85. The summed E-state index contributed by atoms with van der Waals surface area (Å²) in [5.74, 6) is 0.828. The van der Waals surface area contributed by atoms with Crippen molar-refractivity contribution in [3.63, 3.8) is 0 Å². The fourth-order valence-corrected chi connectivity index (χ4v) is 4.78. The normalized spacial score (nSPS) is 26.7. The molecule has 3 aliphatic rings. The van der Waals surface area contributed by atoms with Gasteiger partial charge in [-0.15, -0.1) is 0 Å². The van der Waals surface area contributed by atoms with Crippen LogP contribution in [0.15, 0.2) is 41.4 Å². The summed E-state index contributed by atoms with van der Waals surface area (Å²) in [5.41, 5.74) is 0.843. The molecule has 0 radical (unpaired) electrons. The van der Waals surface area contributed by atoms with E-state index in [2.05, 4.69) is 27.8 Å². The Hall–Kier alpha value is -2.97. The number of carbonyl (C=O) groups is 2. The molecule has 0 spiro atoms. The molecular formula is C22H26F2N4O3. The molecule has 166 valence electrons. The first-order chi connectivity index (χ1) is 15.0. The van der Waals surface area contributed by atoms with Gasteiger partial charge in [-0.05, 0) is 36.0 Å². The van der Waals surface area contributed by atoms with Crippen LogP contribution in [0, 0.1) is 23.7 Å². The molecule has 1 aliphatic heterocycles. The zero-order chi connectivity index (χ0) is 22.0. The van der Waals surface area contributed by atoms with E-state index in [1.165, 1.54) is 4.90 Å². The highest BCUT2D eigenvalue weighted by Crippen LogP contribution is 2.52. The molecule has 9 heteroatoms. The van der Waals surface area contributed by atoms with Crippen molar-refractivity contribution >= 4 is 17.8 Å². The second kappa shape index (κ2) is 9.03. The SMILES string of the molecule is CN=C(NCCN1C(=O)C2C3C=CC(C3)C2C1=O)NCc1cccc(OCC(F)F)c1. The maximum Gasteiger partial charge on any atom is 0.272 e. The number of nitrogens with zero attached hydrogens (tertiary/aromatic N) is 2. The summed E-state index contributed by atoms with van der Waals surface area (Å²) < 4.78 is 29.6. The lowest BCUT2D eigenvalue weighted by molar-refractivity contribution is -0.140. The van der Waals surface area contributed by atoms with E-state index in [1.54, 1.807) is 25.2 Å². The zero-order valence-electron chi connectivity index (χ0n) is 17.3. The number of halogens is 2. The summed E-state index contributed by atoms with van der Waals surface area (Å²) in [6.45, 7) is 0.443. The Labute approximate surface area is 179 Å². The molecule has 2 bridgehead atoms. The van der Waals surface area contributed by atoms with E-state index >= 15 is 0 Å². The van der Waals surface area contributed by atoms with Crippen LogP contribution in [-0.4, -0.2) is 55.8 Å². The van der Waals surface area contributed by atoms with Gasteiger partial charge in [-0.3, -0.25) is 19.5 Å². The van der Waals surface area contributed by atoms with Gasteiger partial charge >= 0.3 is 0 Å². The topological polar surface area (TPSA) is 83.0 Å². The first-order valence-corrected chi connectivity index (χ1v) is 10.5. The second-order valence-electron chi connectivity index (χ2n) is 8.03. The van der Waals surface area contributed by atoms with Crippen molar-refractivity contribution in [1.82, 2.24) is 15.5 Å². The van der Waals surface area contributed by atoms with Crippen LogP contribution < -0.4 is 15.4 Å². The van der Waals surface area contributed by atoms with E-state index in [1.807, 2.05) is 6.07 Å². The molecule has 0 aromatic heterocycles. The third-order valence-corrected chi connectivity index (χ3v) is 6.15. The number of aliphatic imine (C=N–C) groups is 1. The van der Waals surface area contributed by atoms with Crippen LogP contribution in [0.3, 0.4) is 0 Å². The molecule has 1 saturated heterocycles. The third kappa shape index (κ3) is 4.40. The smallest absolute Gasteiger partial charge is 0.272 e. The minimum absolute atomic E-state index is 0.0581. The van der Waals surface area contributed by atoms with E-state index in [4.69, 9.17) is 4.74 Å². The van der Waals surface area contributed by atoms with Crippen LogP contribution in [-0.2, 0) is 16.1 Å². The number of amides is 2. The second-order valence-corrected chi connectivity index (χ2v) is 8.03. The molecule has 31 heavy (non-hydrogen) atoms. The van der Waals surface area contributed by atoms with E-state index in [-0.39, 0.29) is 35.5 Å². The number of hydrogen-bond acceptors (Lipinski definition) is 4. The summed E-state index contributed by atoms with van der Waals surface area (Å²) in [6.07, 6.45) is 2.56. The van der Waals surface area contributed by atoms with Gasteiger partial charge in [-0.1, -0.05) is 24.3 Å². The molecule has 1 aromatic carbocycles. The number of benzene rings is 1. The van der Waals surface area contributed by atoms with Crippen molar-refractivity contribution in [2.45, 2.75) is 19.4 Å². The number of rotatable bonds is 8. The average Bonchev–Trinajstić information content (AvgIpc) is 3.44. The van der Waals surface area contributed by atoms with Gasteiger partial charge < -0.3 is 15.4 Å². The van der Waals surface area contributed by atoms with Gasteiger partial charge in [0.15, 0.2) is 5.96 Å². The zero-order valence-corrected chi connectivity index (χ0v) is 17.3. The van der Waals surface area contributed by atoms with Crippen LogP contribution in [0.1, 0.15) is 12.0 Å². The van der Waals surface area contributed by atoms with E-state index < -0.39 is 13.0 Å². The number of likely N-dealkylation sites (tertiary alicyclic amines) is 1. The van der Waals surface area contributed by atoms with Gasteiger partial charge in [0, 0.05) is 26.7 Å². The quantitative estimate of drug-likeness (QED) is 0.283. The Morgan fingerprint density at radius 2 is 1.90 bits per heavy atom. The molecule has 2 N–H and O–H groups in total. The number of ether oxygens (including phenoxy) is 1. The summed E-state index contributed by atoms with van der Waals surface area (Å²) in [7, 11) is 1.62. The molecule has 7 nitrogen and oxygen atoms in total. The number of nitrogens with one attached hydrogen (secondary N) is 2. The van der Waals surface area contributed by atoms with Gasteiger partial charge in [0.1, 0.15) is 12.4 Å². The number of allylic oxidation sites excluding steroid dienone is 2. The summed E-state index contributed by atoms with van der Waals surface area (Å²) in [4.78, 5) is 30.9.